The third-order valence-electron chi connectivity index (χ3n) is 4.37. The van der Waals surface area contributed by atoms with Gasteiger partial charge >= 0.3 is 0 Å². The molecule has 1 saturated heterocycles. The van der Waals surface area contributed by atoms with Crippen molar-refractivity contribution in [3.63, 3.8) is 0 Å². The second-order valence-corrected chi connectivity index (χ2v) is 7.02. The van der Waals surface area contributed by atoms with Crippen LogP contribution in [0.3, 0.4) is 0 Å². The maximum absolute atomic E-state index is 12.5. The van der Waals surface area contributed by atoms with Crippen molar-refractivity contribution < 1.29 is 9.53 Å². The molecule has 0 spiro atoms. The molecule has 1 fully saturated rings. The van der Waals surface area contributed by atoms with Crippen molar-refractivity contribution in [2.24, 2.45) is 7.05 Å². The number of aromatic nitrogens is 3. The number of methoxy groups -OCH3 is 1. The van der Waals surface area contributed by atoms with Crippen LogP contribution in [-0.2, 0) is 7.05 Å². The summed E-state index contributed by atoms with van der Waals surface area (Å²) in [4.78, 5) is 21.3. The second kappa shape index (κ2) is 6.36. The van der Waals surface area contributed by atoms with E-state index in [1.54, 1.807) is 35.5 Å². The monoisotopic (exact) mass is 357 g/mol. The number of rotatable bonds is 3. The fraction of sp³-hybridized carbons (Fsp3) is 0.353. The maximum Gasteiger partial charge on any atom is 0.257 e. The minimum absolute atomic E-state index is 0.0433. The van der Waals surface area contributed by atoms with Crippen LogP contribution in [0.5, 0.6) is 5.75 Å². The molecule has 3 aromatic rings. The molecule has 0 unspecified atom stereocenters. The molecule has 2 aromatic heterocycles. The van der Waals surface area contributed by atoms with Crippen molar-refractivity contribution in [2.45, 2.75) is 0 Å². The first kappa shape index (κ1) is 15.9. The molecule has 0 bridgehead atoms. The smallest absolute Gasteiger partial charge is 0.257 e. The first-order valence-electron chi connectivity index (χ1n) is 8.11. The fourth-order valence-electron chi connectivity index (χ4n) is 2.97. The Bertz CT molecular complexity index is 911. The van der Waals surface area contributed by atoms with Crippen molar-refractivity contribution in [2.75, 3.05) is 38.2 Å². The Labute approximate surface area is 149 Å². The SMILES string of the molecule is COc1ccc2nc(N3CCN(C(=O)c4cnn(C)c4)CC3)sc2c1. The van der Waals surface area contributed by atoms with Crippen LogP contribution in [0.1, 0.15) is 10.4 Å². The lowest BCUT2D eigenvalue weighted by molar-refractivity contribution is 0.0746. The summed E-state index contributed by atoms with van der Waals surface area (Å²) in [6.45, 7) is 2.94. The third kappa shape index (κ3) is 3.05. The summed E-state index contributed by atoms with van der Waals surface area (Å²) < 4.78 is 8.04. The van der Waals surface area contributed by atoms with Gasteiger partial charge in [0.05, 0.1) is 29.1 Å². The number of fused-ring (bicyclic) bond motifs is 1. The van der Waals surface area contributed by atoms with E-state index in [1.807, 2.05) is 30.1 Å². The Hall–Kier alpha value is -2.61. The topological polar surface area (TPSA) is 63.5 Å². The van der Waals surface area contributed by atoms with Gasteiger partial charge in [0.1, 0.15) is 5.75 Å². The highest BCUT2D eigenvalue weighted by Gasteiger charge is 2.24. The van der Waals surface area contributed by atoms with Gasteiger partial charge in [0.15, 0.2) is 5.13 Å². The molecule has 0 aliphatic carbocycles. The zero-order valence-corrected chi connectivity index (χ0v) is 15.0. The van der Waals surface area contributed by atoms with Gasteiger partial charge in [-0.2, -0.15) is 5.10 Å². The molecule has 0 atom stereocenters. The Kier molecular flexibility index (Phi) is 4.04. The van der Waals surface area contributed by atoms with Crippen LogP contribution in [0.4, 0.5) is 5.13 Å². The van der Waals surface area contributed by atoms with Crippen LogP contribution in [0.25, 0.3) is 10.2 Å². The zero-order chi connectivity index (χ0) is 17.4. The molecule has 0 N–H and O–H groups in total. The standard InChI is InChI=1S/C17H19N5O2S/c1-20-11-12(10-18-20)16(23)21-5-7-22(8-6-21)17-19-14-4-3-13(24-2)9-15(14)25-17/h3-4,9-11H,5-8H2,1-2H3. The van der Waals surface area contributed by atoms with E-state index in [9.17, 15) is 4.79 Å². The summed E-state index contributed by atoms with van der Waals surface area (Å²) in [5.41, 5.74) is 1.62. The molecule has 0 radical (unpaired) electrons. The minimum atomic E-state index is 0.0433. The number of benzene rings is 1. The first-order chi connectivity index (χ1) is 12.1. The van der Waals surface area contributed by atoms with Crippen LogP contribution in [0, 0.1) is 0 Å². The molecule has 130 valence electrons. The highest BCUT2D eigenvalue weighted by molar-refractivity contribution is 7.22. The molecule has 0 saturated carbocycles. The van der Waals surface area contributed by atoms with E-state index < -0.39 is 0 Å². The number of nitrogens with zero attached hydrogens (tertiary/aromatic N) is 5. The van der Waals surface area contributed by atoms with Crippen LogP contribution < -0.4 is 9.64 Å². The number of ether oxygens (including phenoxy) is 1. The summed E-state index contributed by atoms with van der Waals surface area (Å²) in [7, 11) is 3.48. The number of hydrogen-bond acceptors (Lipinski definition) is 6. The van der Waals surface area contributed by atoms with E-state index in [0.29, 0.717) is 18.7 Å². The number of aryl methyl sites for hydroxylation is 1. The van der Waals surface area contributed by atoms with Gasteiger partial charge in [0.25, 0.3) is 5.91 Å². The Morgan fingerprint density at radius 3 is 2.72 bits per heavy atom. The van der Waals surface area contributed by atoms with E-state index >= 15 is 0 Å². The van der Waals surface area contributed by atoms with Crippen LogP contribution >= 0.6 is 11.3 Å². The molecule has 1 aliphatic rings. The largest absolute Gasteiger partial charge is 0.497 e. The maximum atomic E-state index is 12.5. The van der Waals surface area contributed by atoms with Gasteiger partial charge in [-0.25, -0.2) is 4.98 Å². The zero-order valence-electron chi connectivity index (χ0n) is 14.2. The molecule has 7 nitrogen and oxygen atoms in total. The lowest BCUT2D eigenvalue weighted by Crippen LogP contribution is -2.48. The molecule has 8 heteroatoms. The van der Waals surface area contributed by atoms with E-state index in [1.165, 1.54) is 0 Å². The van der Waals surface area contributed by atoms with Crippen LogP contribution in [-0.4, -0.2) is 58.9 Å². The molecular formula is C17H19N5O2S. The number of carbonyl (C=O) groups is 1. The molecule has 1 amide bonds. The molecule has 3 heterocycles. The Balaban J connectivity index is 1.45. The molecule has 25 heavy (non-hydrogen) atoms. The first-order valence-corrected chi connectivity index (χ1v) is 8.93. The van der Waals surface area contributed by atoms with E-state index in [4.69, 9.17) is 9.72 Å². The van der Waals surface area contributed by atoms with Crippen molar-refractivity contribution in [1.82, 2.24) is 19.7 Å². The van der Waals surface area contributed by atoms with Gasteiger partial charge in [-0.15, -0.1) is 0 Å². The average Bonchev–Trinajstić information content (AvgIpc) is 3.26. The lowest BCUT2D eigenvalue weighted by atomic mass is 10.2. The van der Waals surface area contributed by atoms with E-state index in [0.717, 1.165) is 34.2 Å². The number of piperazine rings is 1. The van der Waals surface area contributed by atoms with Gasteiger partial charge in [-0.3, -0.25) is 9.48 Å². The summed E-state index contributed by atoms with van der Waals surface area (Å²) in [6.07, 6.45) is 3.38. The third-order valence-corrected chi connectivity index (χ3v) is 5.45. The second-order valence-electron chi connectivity index (χ2n) is 6.01. The number of amides is 1. The van der Waals surface area contributed by atoms with Gasteiger partial charge < -0.3 is 14.5 Å². The van der Waals surface area contributed by atoms with Crippen molar-refractivity contribution in [3.05, 3.63) is 36.2 Å². The average molecular weight is 357 g/mol. The highest BCUT2D eigenvalue weighted by Crippen LogP contribution is 2.31. The van der Waals surface area contributed by atoms with Gasteiger partial charge in [0, 0.05) is 39.4 Å². The number of anilines is 1. The van der Waals surface area contributed by atoms with Crippen molar-refractivity contribution in [1.29, 1.82) is 0 Å². The highest BCUT2D eigenvalue weighted by atomic mass is 32.1. The Morgan fingerprint density at radius 2 is 2.04 bits per heavy atom. The predicted octanol–water partition coefficient (Wildman–Crippen LogP) is 2.00. The molecule has 4 rings (SSSR count). The molecular weight excluding hydrogens is 338 g/mol. The van der Waals surface area contributed by atoms with Crippen molar-refractivity contribution >= 4 is 32.6 Å². The number of carbonyl (C=O) groups excluding carboxylic acids is 1. The minimum Gasteiger partial charge on any atom is -0.497 e. The van der Waals surface area contributed by atoms with Crippen LogP contribution in [0.2, 0.25) is 0 Å². The number of hydrogen-bond donors (Lipinski definition) is 0. The van der Waals surface area contributed by atoms with E-state index in [-0.39, 0.29) is 5.91 Å². The summed E-state index contributed by atoms with van der Waals surface area (Å²) in [6, 6.07) is 5.92. The molecule has 1 aliphatic heterocycles. The van der Waals surface area contributed by atoms with E-state index in [2.05, 4.69) is 10.00 Å². The fourth-order valence-corrected chi connectivity index (χ4v) is 4.02. The summed E-state index contributed by atoms with van der Waals surface area (Å²) >= 11 is 1.66. The van der Waals surface area contributed by atoms with Crippen molar-refractivity contribution in [3.8, 4) is 5.75 Å². The quantitative estimate of drug-likeness (QED) is 0.717. The van der Waals surface area contributed by atoms with Gasteiger partial charge in [0.2, 0.25) is 0 Å². The lowest BCUT2D eigenvalue weighted by Gasteiger charge is -2.34. The number of thiazole rings is 1. The molecule has 1 aromatic carbocycles. The van der Waals surface area contributed by atoms with Gasteiger partial charge in [-0.1, -0.05) is 11.3 Å². The predicted molar refractivity (Wildman–Crippen MR) is 97.5 cm³/mol. The van der Waals surface area contributed by atoms with Gasteiger partial charge in [-0.05, 0) is 18.2 Å². The Morgan fingerprint density at radius 1 is 1.24 bits per heavy atom. The summed E-state index contributed by atoms with van der Waals surface area (Å²) in [5, 5.41) is 5.07. The summed E-state index contributed by atoms with van der Waals surface area (Å²) in [5.74, 6) is 0.886. The van der Waals surface area contributed by atoms with Crippen LogP contribution in [0.15, 0.2) is 30.6 Å². The normalized spacial score (nSPS) is 15.0.